The van der Waals surface area contributed by atoms with Crippen LogP contribution in [0.25, 0.3) is 0 Å². The van der Waals surface area contributed by atoms with E-state index in [1.807, 2.05) is 6.92 Å². The summed E-state index contributed by atoms with van der Waals surface area (Å²) in [6.07, 6.45) is 5.08. The molecular formula is C19H27FN2O2. The molecule has 5 heteroatoms. The van der Waals surface area contributed by atoms with Crippen molar-refractivity contribution in [2.24, 2.45) is 0 Å². The van der Waals surface area contributed by atoms with Crippen molar-refractivity contribution >= 4 is 5.91 Å². The maximum absolute atomic E-state index is 13.6. The van der Waals surface area contributed by atoms with E-state index in [4.69, 9.17) is 4.74 Å². The fourth-order valence-corrected chi connectivity index (χ4v) is 4.11. The van der Waals surface area contributed by atoms with Crippen molar-refractivity contribution < 1.29 is 13.9 Å². The van der Waals surface area contributed by atoms with Crippen LogP contribution < -0.4 is 4.74 Å². The Morgan fingerprint density at radius 3 is 2.75 bits per heavy atom. The Bertz CT molecular complexity index is 566. The molecule has 2 saturated heterocycles. The average molecular weight is 334 g/mol. The quantitative estimate of drug-likeness (QED) is 0.801. The number of benzene rings is 1. The molecule has 3 rings (SSSR count). The third kappa shape index (κ3) is 3.72. The lowest BCUT2D eigenvalue weighted by molar-refractivity contribution is -0.132. The molecule has 0 unspecified atom stereocenters. The molecule has 2 fully saturated rings. The molecule has 2 heterocycles. The van der Waals surface area contributed by atoms with Gasteiger partial charge in [-0.2, -0.15) is 0 Å². The minimum atomic E-state index is -0.314. The van der Waals surface area contributed by atoms with Gasteiger partial charge in [-0.3, -0.25) is 9.69 Å². The summed E-state index contributed by atoms with van der Waals surface area (Å²) in [4.78, 5) is 16.7. The minimum absolute atomic E-state index is 0.270. The number of nitrogens with zero attached hydrogens (tertiary/aromatic N) is 2. The lowest BCUT2D eigenvalue weighted by atomic mass is 10.0. The predicted molar refractivity (Wildman–Crippen MR) is 91.5 cm³/mol. The number of carbonyl (C=O) groups excluding carboxylic acids is 1. The van der Waals surface area contributed by atoms with E-state index in [0.717, 1.165) is 45.3 Å². The monoisotopic (exact) mass is 334 g/mol. The summed E-state index contributed by atoms with van der Waals surface area (Å²) in [5.74, 6) is 0.273. The van der Waals surface area contributed by atoms with Gasteiger partial charge in [0.1, 0.15) is 6.61 Å². The van der Waals surface area contributed by atoms with Crippen LogP contribution in [0.4, 0.5) is 4.39 Å². The van der Waals surface area contributed by atoms with Gasteiger partial charge < -0.3 is 9.64 Å². The highest BCUT2D eigenvalue weighted by Crippen LogP contribution is 2.30. The first-order chi connectivity index (χ1) is 11.7. The van der Waals surface area contributed by atoms with Crippen molar-refractivity contribution in [2.45, 2.75) is 51.1 Å². The summed E-state index contributed by atoms with van der Waals surface area (Å²) in [5, 5.41) is 0. The van der Waals surface area contributed by atoms with Gasteiger partial charge in [0.25, 0.3) is 0 Å². The van der Waals surface area contributed by atoms with Crippen molar-refractivity contribution in [2.75, 3.05) is 26.2 Å². The minimum Gasteiger partial charge on any atom is -0.489 e. The second-order valence-electron chi connectivity index (χ2n) is 6.67. The first-order valence-electron chi connectivity index (χ1n) is 9.11. The normalized spacial score (nSPS) is 24.5. The van der Waals surface area contributed by atoms with Gasteiger partial charge in [0.2, 0.25) is 5.91 Å². The summed E-state index contributed by atoms with van der Waals surface area (Å²) in [6.45, 7) is 5.13. The number of hydrogen-bond acceptors (Lipinski definition) is 3. The number of para-hydroxylation sites is 1. The van der Waals surface area contributed by atoms with Crippen molar-refractivity contribution in [3.8, 4) is 5.75 Å². The molecule has 4 nitrogen and oxygen atoms in total. The van der Waals surface area contributed by atoms with Crippen LogP contribution in [0.5, 0.6) is 5.75 Å². The molecule has 132 valence electrons. The van der Waals surface area contributed by atoms with E-state index in [1.54, 1.807) is 18.2 Å². The summed E-state index contributed by atoms with van der Waals surface area (Å²) in [6, 6.07) is 7.29. The molecule has 1 aromatic carbocycles. The Balaban J connectivity index is 1.55. The third-order valence-corrected chi connectivity index (χ3v) is 5.25. The van der Waals surface area contributed by atoms with Gasteiger partial charge in [-0.25, -0.2) is 4.39 Å². The largest absolute Gasteiger partial charge is 0.489 e. The number of amides is 1. The Morgan fingerprint density at radius 1 is 1.21 bits per heavy atom. The summed E-state index contributed by atoms with van der Waals surface area (Å²) in [5.41, 5.74) is 0. The number of hydrogen-bond donors (Lipinski definition) is 0. The van der Waals surface area contributed by atoms with E-state index in [-0.39, 0.29) is 11.7 Å². The molecule has 0 bridgehead atoms. The van der Waals surface area contributed by atoms with Gasteiger partial charge in [-0.1, -0.05) is 19.1 Å². The van der Waals surface area contributed by atoms with Gasteiger partial charge in [-0.05, 0) is 44.4 Å². The fourth-order valence-electron chi connectivity index (χ4n) is 4.11. The topological polar surface area (TPSA) is 32.8 Å². The maximum Gasteiger partial charge on any atom is 0.222 e. The van der Waals surface area contributed by atoms with Crippen LogP contribution in [0, 0.1) is 5.82 Å². The van der Waals surface area contributed by atoms with E-state index in [0.29, 0.717) is 30.9 Å². The summed E-state index contributed by atoms with van der Waals surface area (Å²) in [7, 11) is 0. The molecule has 2 aliphatic rings. The molecule has 2 aliphatic heterocycles. The molecule has 0 aliphatic carbocycles. The third-order valence-electron chi connectivity index (χ3n) is 5.25. The van der Waals surface area contributed by atoms with Gasteiger partial charge in [0.15, 0.2) is 11.6 Å². The van der Waals surface area contributed by atoms with E-state index in [2.05, 4.69) is 9.80 Å². The molecule has 24 heavy (non-hydrogen) atoms. The zero-order valence-corrected chi connectivity index (χ0v) is 14.4. The molecule has 1 aromatic rings. The Morgan fingerprint density at radius 2 is 1.96 bits per heavy atom. The van der Waals surface area contributed by atoms with Gasteiger partial charge >= 0.3 is 0 Å². The molecule has 0 aromatic heterocycles. The van der Waals surface area contributed by atoms with Crippen LogP contribution in [0.1, 0.15) is 39.0 Å². The van der Waals surface area contributed by atoms with Crippen LogP contribution >= 0.6 is 0 Å². The average Bonchev–Trinajstić information content (AvgIpc) is 3.24. The van der Waals surface area contributed by atoms with E-state index in [1.165, 1.54) is 6.07 Å². The predicted octanol–water partition coefficient (Wildman–Crippen LogP) is 3.07. The molecular weight excluding hydrogens is 307 g/mol. The smallest absolute Gasteiger partial charge is 0.222 e. The van der Waals surface area contributed by atoms with Crippen molar-refractivity contribution in [3.63, 3.8) is 0 Å². The Hall–Kier alpha value is -1.62. The summed E-state index contributed by atoms with van der Waals surface area (Å²) >= 11 is 0. The van der Waals surface area contributed by atoms with E-state index >= 15 is 0 Å². The summed E-state index contributed by atoms with van der Waals surface area (Å²) < 4.78 is 19.2. The number of likely N-dealkylation sites (tertiary alicyclic amines) is 2. The molecule has 0 saturated carbocycles. The first kappa shape index (κ1) is 17.2. The van der Waals surface area contributed by atoms with Crippen LogP contribution in [-0.2, 0) is 4.79 Å². The number of carbonyl (C=O) groups is 1. The van der Waals surface area contributed by atoms with Crippen LogP contribution in [0.15, 0.2) is 24.3 Å². The molecule has 0 spiro atoms. The van der Waals surface area contributed by atoms with Crippen molar-refractivity contribution in [1.82, 2.24) is 9.80 Å². The van der Waals surface area contributed by atoms with Gasteiger partial charge in [0.05, 0.1) is 0 Å². The maximum atomic E-state index is 13.6. The second kappa shape index (κ2) is 7.97. The number of ether oxygens (including phenoxy) is 1. The first-order valence-corrected chi connectivity index (χ1v) is 9.11. The SMILES string of the molecule is CCC(=O)N1CCC[C@H]1[C@@H]1CCCN1CCOc1ccccc1F. The zero-order valence-electron chi connectivity index (χ0n) is 14.4. The second-order valence-corrected chi connectivity index (χ2v) is 6.67. The fraction of sp³-hybridized carbons (Fsp3) is 0.632. The van der Waals surface area contributed by atoms with Gasteiger partial charge in [-0.15, -0.1) is 0 Å². The molecule has 2 atom stereocenters. The van der Waals surface area contributed by atoms with E-state index < -0.39 is 0 Å². The molecule has 0 radical (unpaired) electrons. The molecule has 1 amide bonds. The Labute approximate surface area is 143 Å². The van der Waals surface area contributed by atoms with Crippen molar-refractivity contribution in [1.29, 1.82) is 0 Å². The highest BCUT2D eigenvalue weighted by atomic mass is 19.1. The number of rotatable bonds is 6. The zero-order chi connectivity index (χ0) is 16.9. The van der Waals surface area contributed by atoms with Crippen LogP contribution in [0.3, 0.4) is 0 Å². The van der Waals surface area contributed by atoms with Gasteiger partial charge in [0, 0.05) is 31.6 Å². The van der Waals surface area contributed by atoms with Crippen LogP contribution in [-0.4, -0.2) is 54.0 Å². The van der Waals surface area contributed by atoms with Crippen LogP contribution in [0.2, 0.25) is 0 Å². The molecule has 0 N–H and O–H groups in total. The van der Waals surface area contributed by atoms with E-state index in [9.17, 15) is 9.18 Å². The lowest BCUT2D eigenvalue weighted by Crippen LogP contribution is -2.49. The number of halogens is 1. The standard InChI is InChI=1S/C19H27FN2O2/c1-2-19(23)22-12-6-9-17(22)16-8-5-11-21(16)13-14-24-18-10-4-3-7-15(18)20/h3-4,7,10,16-17H,2,5-6,8-9,11-14H2,1H3/t16-,17-/m0/s1. The Kier molecular flexibility index (Phi) is 5.72. The van der Waals surface area contributed by atoms with Crippen molar-refractivity contribution in [3.05, 3.63) is 30.1 Å². The highest BCUT2D eigenvalue weighted by molar-refractivity contribution is 5.76. The lowest BCUT2D eigenvalue weighted by Gasteiger charge is -2.35. The highest BCUT2D eigenvalue weighted by Gasteiger charge is 2.38.